The second-order valence-corrected chi connectivity index (χ2v) is 9.29. The summed E-state index contributed by atoms with van der Waals surface area (Å²) in [5.74, 6) is -2.05. The quantitative estimate of drug-likeness (QED) is 0.380. The van der Waals surface area contributed by atoms with E-state index in [4.69, 9.17) is 19.6 Å². The van der Waals surface area contributed by atoms with E-state index in [2.05, 4.69) is 20.5 Å². The summed E-state index contributed by atoms with van der Waals surface area (Å²) in [6.07, 6.45) is -0.378. The van der Waals surface area contributed by atoms with Gasteiger partial charge in [-0.15, -0.1) is 0 Å². The van der Waals surface area contributed by atoms with Crippen molar-refractivity contribution in [1.29, 1.82) is 0 Å². The van der Waals surface area contributed by atoms with E-state index in [0.717, 1.165) is 43.1 Å². The van der Waals surface area contributed by atoms with Crippen LogP contribution in [0.1, 0.15) is 23.5 Å². The van der Waals surface area contributed by atoms with Crippen LogP contribution in [-0.2, 0) is 9.53 Å². The number of aliphatic hydroxyl groups is 1. The minimum Gasteiger partial charge on any atom is -0.542 e. The first-order valence-corrected chi connectivity index (χ1v) is 12.4. The van der Waals surface area contributed by atoms with Crippen molar-refractivity contribution in [3.05, 3.63) is 48.5 Å². The second kappa shape index (κ2) is 12.0. The molecule has 2 aliphatic rings. The maximum atomic E-state index is 13.2. The van der Waals surface area contributed by atoms with Crippen molar-refractivity contribution in [3.8, 4) is 11.3 Å². The molecular formula is C25H29F3N6O5. The molecule has 3 aromatic rings. The van der Waals surface area contributed by atoms with Crippen LogP contribution in [0.2, 0.25) is 0 Å². The van der Waals surface area contributed by atoms with Crippen molar-refractivity contribution >= 4 is 23.2 Å². The number of hydrogen-bond acceptors (Lipinski definition) is 8. The van der Waals surface area contributed by atoms with E-state index in [1.54, 1.807) is 4.40 Å². The SMILES string of the molecule is O=C(NC1(CO)CCOCC1)c1nc(-c2ccc(N3CC[NH2+]CC3)nc2)c2ccccn12.O=C([O-])C(F)(F)F. The van der Waals surface area contributed by atoms with Crippen molar-refractivity contribution in [2.75, 3.05) is 50.9 Å². The number of rotatable bonds is 5. The molecule has 2 aliphatic heterocycles. The summed E-state index contributed by atoms with van der Waals surface area (Å²) in [6, 6.07) is 9.80. The van der Waals surface area contributed by atoms with E-state index in [-0.39, 0.29) is 12.5 Å². The Kier molecular flexibility index (Phi) is 8.67. The predicted octanol–water partition coefficient (Wildman–Crippen LogP) is -0.650. The van der Waals surface area contributed by atoms with Gasteiger partial charge in [0.15, 0.2) is 0 Å². The number of fused-ring (bicyclic) bond motifs is 1. The maximum absolute atomic E-state index is 13.2. The Bertz CT molecular complexity index is 1290. The van der Waals surface area contributed by atoms with E-state index in [0.29, 0.717) is 37.6 Å². The smallest absolute Gasteiger partial charge is 0.430 e. The molecule has 5 rings (SSSR count). The Morgan fingerprint density at radius 1 is 1.15 bits per heavy atom. The molecule has 0 bridgehead atoms. The average molecular weight is 551 g/mol. The van der Waals surface area contributed by atoms with E-state index in [9.17, 15) is 23.1 Å². The number of halogens is 3. The van der Waals surface area contributed by atoms with Gasteiger partial charge in [-0.3, -0.25) is 9.20 Å². The predicted molar refractivity (Wildman–Crippen MR) is 131 cm³/mol. The van der Waals surface area contributed by atoms with Gasteiger partial charge in [0.2, 0.25) is 5.82 Å². The first-order chi connectivity index (χ1) is 18.6. The topological polar surface area (TPSA) is 149 Å². The lowest BCUT2D eigenvalue weighted by Crippen LogP contribution is -2.89. The molecule has 4 N–H and O–H groups in total. The van der Waals surface area contributed by atoms with E-state index in [1.807, 2.05) is 42.7 Å². The van der Waals surface area contributed by atoms with Crippen LogP contribution in [0.5, 0.6) is 0 Å². The summed E-state index contributed by atoms with van der Waals surface area (Å²) in [7, 11) is 0. The van der Waals surface area contributed by atoms with Crippen LogP contribution in [0.25, 0.3) is 16.8 Å². The number of aliphatic carboxylic acids is 1. The number of imidazole rings is 1. The Labute approximate surface area is 221 Å². The number of amides is 1. The second-order valence-electron chi connectivity index (χ2n) is 9.29. The molecule has 39 heavy (non-hydrogen) atoms. The van der Waals surface area contributed by atoms with Gasteiger partial charge in [0.1, 0.15) is 11.8 Å². The highest BCUT2D eigenvalue weighted by Gasteiger charge is 2.35. The Hall–Kier alpha value is -3.75. The Balaban J connectivity index is 0.000000448. The first kappa shape index (κ1) is 28.3. The van der Waals surface area contributed by atoms with Gasteiger partial charge in [0, 0.05) is 31.2 Å². The lowest BCUT2D eigenvalue weighted by molar-refractivity contribution is -0.655. The number of hydrogen-bond donors (Lipinski definition) is 3. The minimum absolute atomic E-state index is 0.127. The number of quaternary nitrogens is 1. The summed E-state index contributed by atoms with van der Waals surface area (Å²) in [4.78, 5) is 33.7. The standard InChI is InChI=1S/C23H28N6O3.C2HF3O2/c30-16-23(6-13-32-14-7-23)27-22(31)21-26-20(18-3-1-2-10-29(18)21)17-4-5-19(25-15-17)28-11-8-24-9-12-28;3-2(4,5)1(6)7/h1-5,10,15,24,30H,6-9,11-14,16H2,(H,27,31);(H,6,7). The molecule has 2 saturated heterocycles. The number of anilines is 1. The zero-order valence-electron chi connectivity index (χ0n) is 21.0. The third-order valence-electron chi connectivity index (χ3n) is 6.67. The molecule has 0 atom stereocenters. The summed E-state index contributed by atoms with van der Waals surface area (Å²) < 4.78 is 38.7. The van der Waals surface area contributed by atoms with Crippen LogP contribution in [0.3, 0.4) is 0 Å². The van der Waals surface area contributed by atoms with Crippen LogP contribution in [0.4, 0.5) is 19.0 Å². The molecule has 11 nitrogen and oxygen atoms in total. The van der Waals surface area contributed by atoms with Crippen LogP contribution in [-0.4, -0.2) is 89.1 Å². The van der Waals surface area contributed by atoms with Crippen molar-refractivity contribution in [1.82, 2.24) is 19.7 Å². The highest BCUT2D eigenvalue weighted by atomic mass is 19.4. The monoisotopic (exact) mass is 550 g/mol. The molecule has 2 fully saturated rings. The van der Waals surface area contributed by atoms with Crippen molar-refractivity contribution < 1.29 is 43.0 Å². The Morgan fingerprint density at radius 3 is 2.44 bits per heavy atom. The number of piperazine rings is 1. The number of nitrogens with one attached hydrogen (secondary N) is 1. The Morgan fingerprint density at radius 2 is 1.85 bits per heavy atom. The van der Waals surface area contributed by atoms with Crippen LogP contribution < -0.4 is 20.6 Å². The van der Waals surface area contributed by atoms with Gasteiger partial charge in [-0.2, -0.15) is 13.2 Å². The van der Waals surface area contributed by atoms with Gasteiger partial charge in [0.25, 0.3) is 5.91 Å². The van der Waals surface area contributed by atoms with Crippen LogP contribution >= 0.6 is 0 Å². The average Bonchev–Trinajstić information content (AvgIpc) is 3.34. The molecule has 0 unspecified atom stereocenters. The lowest BCUT2D eigenvalue weighted by Gasteiger charge is -2.36. The van der Waals surface area contributed by atoms with Gasteiger partial charge in [0.05, 0.1) is 49.5 Å². The number of nitrogens with zero attached hydrogens (tertiary/aromatic N) is 4. The molecule has 0 spiro atoms. The number of carbonyl (C=O) groups is 2. The molecule has 0 saturated carbocycles. The number of pyridine rings is 2. The normalized spacial score (nSPS) is 17.3. The fourth-order valence-corrected chi connectivity index (χ4v) is 4.48. The molecule has 0 radical (unpaired) electrons. The summed E-state index contributed by atoms with van der Waals surface area (Å²) in [5.41, 5.74) is 1.74. The number of carbonyl (C=O) groups excluding carboxylic acids is 2. The van der Waals surface area contributed by atoms with Gasteiger partial charge < -0.3 is 35.3 Å². The van der Waals surface area contributed by atoms with Crippen molar-refractivity contribution in [3.63, 3.8) is 0 Å². The van der Waals surface area contributed by atoms with Gasteiger partial charge in [-0.05, 0) is 37.1 Å². The van der Waals surface area contributed by atoms with E-state index >= 15 is 0 Å². The zero-order valence-corrected chi connectivity index (χ0v) is 21.0. The number of ether oxygens (including phenoxy) is 1. The fourth-order valence-electron chi connectivity index (χ4n) is 4.48. The number of nitrogens with two attached hydrogens (primary N) is 1. The van der Waals surface area contributed by atoms with Crippen LogP contribution in [0.15, 0.2) is 42.7 Å². The van der Waals surface area contributed by atoms with Crippen molar-refractivity contribution in [2.45, 2.75) is 24.6 Å². The highest BCUT2D eigenvalue weighted by Crippen LogP contribution is 2.27. The van der Waals surface area contributed by atoms with Gasteiger partial charge in [-0.25, -0.2) is 9.97 Å². The molecular weight excluding hydrogens is 521 g/mol. The minimum atomic E-state index is -5.19. The number of carboxylic acids is 1. The zero-order chi connectivity index (χ0) is 28.0. The molecule has 0 aromatic carbocycles. The van der Waals surface area contributed by atoms with Crippen LogP contribution in [0, 0.1) is 0 Å². The third-order valence-corrected chi connectivity index (χ3v) is 6.67. The van der Waals surface area contributed by atoms with Gasteiger partial charge in [-0.1, -0.05) is 6.07 Å². The molecule has 210 valence electrons. The largest absolute Gasteiger partial charge is 0.542 e. The summed E-state index contributed by atoms with van der Waals surface area (Å²) in [5, 5.41) is 24.1. The summed E-state index contributed by atoms with van der Waals surface area (Å²) >= 11 is 0. The third kappa shape index (κ3) is 6.64. The molecule has 14 heteroatoms. The molecule has 0 aliphatic carbocycles. The number of aromatic nitrogens is 3. The molecule has 1 amide bonds. The summed E-state index contributed by atoms with van der Waals surface area (Å²) in [6.45, 7) is 5.04. The lowest BCUT2D eigenvalue weighted by atomic mass is 9.91. The number of aliphatic hydroxyl groups excluding tert-OH is 1. The highest BCUT2D eigenvalue weighted by molar-refractivity contribution is 5.95. The maximum Gasteiger partial charge on any atom is 0.430 e. The molecule has 5 heterocycles. The van der Waals surface area contributed by atoms with E-state index < -0.39 is 17.7 Å². The van der Waals surface area contributed by atoms with Gasteiger partial charge >= 0.3 is 6.18 Å². The van der Waals surface area contributed by atoms with Crippen molar-refractivity contribution in [2.24, 2.45) is 0 Å². The number of carboxylic acid groups (broad SMARTS) is 1. The number of alkyl halides is 3. The molecule has 3 aromatic heterocycles. The first-order valence-electron chi connectivity index (χ1n) is 12.4. The fraction of sp³-hybridized carbons (Fsp3) is 0.440. The van der Waals surface area contributed by atoms with E-state index in [1.165, 1.54) is 0 Å².